The first-order valence-electron chi connectivity index (χ1n) is 7.65. The summed E-state index contributed by atoms with van der Waals surface area (Å²) in [7, 11) is -4.29. The molecule has 0 aliphatic rings. The predicted molar refractivity (Wildman–Crippen MR) is 80.8 cm³/mol. The van der Waals surface area contributed by atoms with Crippen LogP contribution in [-0.4, -0.2) is 27.0 Å². The van der Waals surface area contributed by atoms with Crippen LogP contribution < -0.4 is 0 Å². The Morgan fingerprint density at radius 3 is 1.22 bits per heavy atom. The average molecular weight is 280 g/mol. The van der Waals surface area contributed by atoms with E-state index in [1.807, 2.05) is 0 Å². The van der Waals surface area contributed by atoms with E-state index in [1.165, 1.54) is 25.7 Å². The van der Waals surface area contributed by atoms with Gasteiger partial charge < -0.3 is 0 Å². The van der Waals surface area contributed by atoms with Gasteiger partial charge in [-0.05, 0) is 0 Å². The van der Waals surface area contributed by atoms with Crippen LogP contribution in [0.15, 0.2) is 0 Å². The second-order valence-corrected chi connectivity index (χ2v) is 9.19. The Labute approximate surface area is 113 Å². The first kappa shape index (κ1) is 18.3. The Balaban J connectivity index is 3.69. The molecule has 0 aliphatic heterocycles. The third-order valence-corrected chi connectivity index (χ3v) is 5.90. The first-order chi connectivity index (χ1) is 8.39. The van der Waals surface area contributed by atoms with Gasteiger partial charge in [0.15, 0.2) is 0 Å². The molecule has 0 bridgehead atoms. The molecule has 3 N–H and O–H groups in total. The van der Waals surface area contributed by atoms with E-state index in [4.69, 9.17) is 0 Å². The van der Waals surface area contributed by atoms with Crippen molar-refractivity contribution >= 4 is 7.28 Å². The Morgan fingerprint density at radius 1 is 0.556 bits per heavy atom. The van der Waals surface area contributed by atoms with Crippen LogP contribution in [0.3, 0.4) is 0 Å². The van der Waals surface area contributed by atoms with Gasteiger partial charge in [0.25, 0.3) is 0 Å². The predicted octanol–water partition coefficient (Wildman–Crippen LogP) is 4.20. The molecule has 0 aromatic rings. The summed E-state index contributed by atoms with van der Waals surface area (Å²) in [4.78, 5) is 29.8. The Kier molecular flexibility index (Phi) is 9.41. The van der Waals surface area contributed by atoms with E-state index in [0.29, 0.717) is 0 Å². The van der Waals surface area contributed by atoms with Crippen LogP contribution in [0.5, 0.6) is 0 Å². The Hall–Kier alpha value is 0.310. The van der Waals surface area contributed by atoms with Gasteiger partial charge in [-0.25, -0.2) is 0 Å². The van der Waals surface area contributed by atoms with Crippen molar-refractivity contribution < 1.29 is 14.7 Å². The van der Waals surface area contributed by atoms with Gasteiger partial charge >= 0.3 is 112 Å². The van der Waals surface area contributed by atoms with E-state index in [2.05, 4.69) is 13.8 Å². The molecule has 4 heteroatoms. The third-order valence-electron chi connectivity index (χ3n) is 3.44. The van der Waals surface area contributed by atoms with Crippen LogP contribution in [0.2, 0.25) is 0 Å². The topological polar surface area (TPSA) is 60.7 Å². The summed E-state index contributed by atoms with van der Waals surface area (Å²) in [6.45, 7) is 4.31. The molecule has 0 aromatic carbocycles. The molecule has 0 saturated carbocycles. The standard InChI is InChI=1S/C14H33O3P/c1-3-5-7-9-11-13-18(15,16,17)14-12-10-8-6-4-2/h15-17H,3-14H2,1-2H3. The molecule has 0 aromatic heterocycles. The molecule has 0 atom stereocenters. The van der Waals surface area contributed by atoms with Gasteiger partial charge in [-0.15, -0.1) is 0 Å². The number of unbranched alkanes of at least 4 members (excludes halogenated alkanes) is 8. The van der Waals surface area contributed by atoms with Gasteiger partial charge in [-0.3, -0.25) is 0 Å². The molecule has 3 nitrogen and oxygen atoms in total. The zero-order valence-corrected chi connectivity index (χ0v) is 13.2. The Bertz CT molecular complexity index is 181. The van der Waals surface area contributed by atoms with Crippen molar-refractivity contribution in [2.24, 2.45) is 0 Å². The quantitative estimate of drug-likeness (QED) is 0.371. The fourth-order valence-corrected chi connectivity index (χ4v) is 4.16. The molecule has 0 aliphatic carbocycles. The summed E-state index contributed by atoms with van der Waals surface area (Å²) in [5, 5.41) is 0. The summed E-state index contributed by atoms with van der Waals surface area (Å²) < 4.78 is 0. The molecular weight excluding hydrogens is 247 g/mol. The second kappa shape index (κ2) is 9.25. The van der Waals surface area contributed by atoms with Gasteiger partial charge in [0.2, 0.25) is 0 Å². The molecular formula is C14H33O3P. The van der Waals surface area contributed by atoms with Crippen molar-refractivity contribution in [1.82, 2.24) is 0 Å². The fraction of sp³-hybridized carbons (Fsp3) is 1.00. The summed E-state index contributed by atoms with van der Waals surface area (Å²) in [5.74, 6) is 0. The zero-order chi connectivity index (χ0) is 13.9. The number of hydrogen-bond donors (Lipinski definition) is 3. The average Bonchev–Trinajstić information content (AvgIpc) is 2.28. The van der Waals surface area contributed by atoms with Crippen molar-refractivity contribution in [3.8, 4) is 0 Å². The maximum atomic E-state index is 9.93. The maximum absolute atomic E-state index is 9.93. The van der Waals surface area contributed by atoms with Gasteiger partial charge in [-0.2, -0.15) is 0 Å². The van der Waals surface area contributed by atoms with Crippen molar-refractivity contribution in [3.63, 3.8) is 0 Å². The normalized spacial score (nSPS) is 14.4. The molecule has 0 heterocycles. The van der Waals surface area contributed by atoms with E-state index in [9.17, 15) is 14.7 Å². The fourth-order valence-electron chi connectivity index (χ4n) is 2.19. The van der Waals surface area contributed by atoms with E-state index >= 15 is 0 Å². The molecule has 0 saturated heterocycles. The van der Waals surface area contributed by atoms with Gasteiger partial charge in [-0.1, -0.05) is 0 Å². The van der Waals surface area contributed by atoms with E-state index in [-0.39, 0.29) is 12.3 Å². The first-order valence-corrected chi connectivity index (χ1v) is 10.1. The van der Waals surface area contributed by atoms with E-state index < -0.39 is 7.28 Å². The van der Waals surface area contributed by atoms with Crippen molar-refractivity contribution in [2.75, 3.05) is 12.3 Å². The Morgan fingerprint density at radius 2 is 0.889 bits per heavy atom. The third kappa shape index (κ3) is 11.4. The number of rotatable bonds is 12. The molecule has 0 spiro atoms. The van der Waals surface area contributed by atoms with Crippen LogP contribution in [0.25, 0.3) is 0 Å². The summed E-state index contributed by atoms with van der Waals surface area (Å²) in [6.07, 6.45) is 10.8. The minimum atomic E-state index is -4.29. The van der Waals surface area contributed by atoms with Gasteiger partial charge in [0.05, 0.1) is 0 Å². The minimum absolute atomic E-state index is 0.198. The van der Waals surface area contributed by atoms with Crippen LogP contribution >= 0.6 is 7.28 Å². The molecule has 112 valence electrons. The SMILES string of the molecule is CCCCCCCP(O)(O)(O)CCCCCCC. The molecule has 0 radical (unpaired) electrons. The van der Waals surface area contributed by atoms with E-state index in [0.717, 1.165) is 38.5 Å². The van der Waals surface area contributed by atoms with Crippen LogP contribution in [0.1, 0.15) is 78.1 Å². The van der Waals surface area contributed by atoms with Crippen LogP contribution in [-0.2, 0) is 0 Å². The second-order valence-electron chi connectivity index (χ2n) is 5.62. The summed E-state index contributed by atoms with van der Waals surface area (Å²) in [5.41, 5.74) is 0. The summed E-state index contributed by atoms with van der Waals surface area (Å²) in [6, 6.07) is 0. The zero-order valence-electron chi connectivity index (χ0n) is 12.3. The molecule has 0 rings (SSSR count). The van der Waals surface area contributed by atoms with Crippen LogP contribution in [0, 0.1) is 0 Å². The van der Waals surface area contributed by atoms with Gasteiger partial charge in [0.1, 0.15) is 0 Å². The van der Waals surface area contributed by atoms with E-state index in [1.54, 1.807) is 0 Å². The summed E-state index contributed by atoms with van der Waals surface area (Å²) >= 11 is 0. The van der Waals surface area contributed by atoms with Crippen molar-refractivity contribution in [2.45, 2.75) is 78.1 Å². The molecule has 0 amide bonds. The van der Waals surface area contributed by atoms with Crippen molar-refractivity contribution in [3.05, 3.63) is 0 Å². The monoisotopic (exact) mass is 280 g/mol. The van der Waals surface area contributed by atoms with Gasteiger partial charge in [0, 0.05) is 0 Å². The molecule has 0 fully saturated rings. The van der Waals surface area contributed by atoms with Crippen LogP contribution in [0.4, 0.5) is 0 Å². The number of hydrogen-bond acceptors (Lipinski definition) is 3. The molecule has 0 unspecified atom stereocenters. The molecule has 18 heavy (non-hydrogen) atoms. The van der Waals surface area contributed by atoms with Crippen molar-refractivity contribution in [1.29, 1.82) is 0 Å².